The van der Waals surface area contributed by atoms with Gasteiger partial charge in [0, 0.05) is 29.9 Å². The van der Waals surface area contributed by atoms with E-state index in [1.165, 1.54) is 25.7 Å². The lowest BCUT2D eigenvalue weighted by molar-refractivity contribution is 0.0390. The number of likely N-dealkylation sites (tertiary alicyclic amines) is 1. The summed E-state index contributed by atoms with van der Waals surface area (Å²) < 4.78 is 0. The largest absolute Gasteiger partial charge is 0.335 e. The van der Waals surface area contributed by atoms with E-state index in [0.29, 0.717) is 23.2 Å². The monoisotopic (exact) mass is 298 g/mol. The van der Waals surface area contributed by atoms with Gasteiger partial charge in [-0.05, 0) is 44.6 Å². The number of nitrogens with one attached hydrogen (secondary N) is 1. The Hall–Kier alpha value is -1.91. The molecule has 2 atom stereocenters. The highest BCUT2D eigenvalue weighted by molar-refractivity contribution is 5.97. The fraction of sp³-hybridized carbons (Fsp3) is 0.588. The molecule has 0 unspecified atom stereocenters. The molecule has 1 aliphatic carbocycles. The maximum Gasteiger partial charge on any atom is 0.255 e. The van der Waals surface area contributed by atoms with Gasteiger partial charge in [0.05, 0.1) is 5.56 Å². The molecule has 116 valence electrons. The van der Waals surface area contributed by atoms with E-state index < -0.39 is 0 Å². The van der Waals surface area contributed by atoms with E-state index in [-0.39, 0.29) is 5.91 Å². The second kappa shape index (κ2) is 5.38. The second-order valence-corrected chi connectivity index (χ2v) is 6.70. The Morgan fingerprint density at radius 3 is 3.00 bits per heavy atom. The van der Waals surface area contributed by atoms with E-state index in [0.717, 1.165) is 30.5 Å². The Balaban J connectivity index is 1.65. The third-order valence-corrected chi connectivity index (χ3v) is 5.35. The smallest absolute Gasteiger partial charge is 0.255 e. The van der Waals surface area contributed by atoms with Gasteiger partial charge < -0.3 is 4.90 Å². The molecule has 0 bridgehead atoms. The van der Waals surface area contributed by atoms with Gasteiger partial charge in [0.1, 0.15) is 0 Å². The van der Waals surface area contributed by atoms with Crippen LogP contribution in [0.15, 0.2) is 12.3 Å². The summed E-state index contributed by atoms with van der Waals surface area (Å²) >= 11 is 0. The fourth-order valence-electron chi connectivity index (χ4n) is 4.18. The molecule has 0 radical (unpaired) electrons. The maximum absolute atomic E-state index is 13.0. The molecule has 0 aromatic carbocycles. The molecule has 0 spiro atoms. The molecular formula is C17H22N4O. The van der Waals surface area contributed by atoms with E-state index in [9.17, 15) is 4.79 Å². The zero-order chi connectivity index (χ0) is 15.1. The Morgan fingerprint density at radius 1 is 1.27 bits per heavy atom. The number of hydrogen-bond acceptors (Lipinski definition) is 3. The van der Waals surface area contributed by atoms with Gasteiger partial charge in [0.15, 0.2) is 5.65 Å². The molecule has 1 saturated heterocycles. The highest BCUT2D eigenvalue weighted by Crippen LogP contribution is 2.36. The lowest BCUT2D eigenvalue weighted by atomic mass is 9.78. The quantitative estimate of drug-likeness (QED) is 0.880. The molecule has 1 N–H and O–H groups in total. The number of fused-ring (bicyclic) bond motifs is 2. The van der Waals surface area contributed by atoms with Gasteiger partial charge in [0.25, 0.3) is 5.91 Å². The van der Waals surface area contributed by atoms with Crippen molar-refractivity contribution in [2.45, 2.75) is 51.5 Å². The van der Waals surface area contributed by atoms with Crippen molar-refractivity contribution < 1.29 is 4.79 Å². The topological polar surface area (TPSA) is 61.9 Å². The first kappa shape index (κ1) is 13.7. The van der Waals surface area contributed by atoms with Gasteiger partial charge in [-0.15, -0.1) is 0 Å². The zero-order valence-corrected chi connectivity index (χ0v) is 13.0. The minimum atomic E-state index is 0.145. The summed E-state index contributed by atoms with van der Waals surface area (Å²) in [4.78, 5) is 19.4. The van der Waals surface area contributed by atoms with Crippen LogP contribution in [0.25, 0.3) is 11.0 Å². The molecule has 1 aliphatic heterocycles. The van der Waals surface area contributed by atoms with Gasteiger partial charge in [-0.3, -0.25) is 9.89 Å². The van der Waals surface area contributed by atoms with Crippen molar-refractivity contribution in [2.75, 3.05) is 6.54 Å². The average Bonchev–Trinajstić information content (AvgIpc) is 2.94. The number of nitrogens with zero attached hydrogens (tertiary/aromatic N) is 3. The van der Waals surface area contributed by atoms with Crippen molar-refractivity contribution in [3.05, 3.63) is 23.5 Å². The summed E-state index contributed by atoms with van der Waals surface area (Å²) in [5.74, 6) is 0.852. The number of amides is 1. The summed E-state index contributed by atoms with van der Waals surface area (Å²) in [6.07, 6.45) is 9.12. The summed E-state index contributed by atoms with van der Waals surface area (Å²) in [6.45, 7) is 2.85. The number of aromatic nitrogens is 3. The number of pyridine rings is 1. The van der Waals surface area contributed by atoms with Crippen LogP contribution in [0.5, 0.6) is 0 Å². The maximum atomic E-state index is 13.0. The molecule has 4 rings (SSSR count). The van der Waals surface area contributed by atoms with Gasteiger partial charge in [0.2, 0.25) is 0 Å². The van der Waals surface area contributed by atoms with Crippen molar-refractivity contribution >= 4 is 16.9 Å². The van der Waals surface area contributed by atoms with Crippen LogP contribution >= 0.6 is 0 Å². The molecule has 3 heterocycles. The van der Waals surface area contributed by atoms with Crippen molar-refractivity contribution in [1.82, 2.24) is 20.1 Å². The van der Waals surface area contributed by atoms with Crippen molar-refractivity contribution in [1.29, 1.82) is 0 Å². The van der Waals surface area contributed by atoms with E-state index in [1.807, 2.05) is 13.0 Å². The van der Waals surface area contributed by atoms with Crippen LogP contribution in [0.4, 0.5) is 0 Å². The van der Waals surface area contributed by atoms with Crippen LogP contribution < -0.4 is 0 Å². The van der Waals surface area contributed by atoms with Crippen LogP contribution in [0, 0.1) is 12.8 Å². The minimum Gasteiger partial charge on any atom is -0.335 e. The van der Waals surface area contributed by atoms with Crippen LogP contribution in [0.2, 0.25) is 0 Å². The highest BCUT2D eigenvalue weighted by atomic mass is 16.2. The first-order valence-corrected chi connectivity index (χ1v) is 8.36. The number of aryl methyl sites for hydroxylation is 1. The summed E-state index contributed by atoms with van der Waals surface area (Å²) in [6, 6.07) is 2.38. The number of hydrogen-bond donors (Lipinski definition) is 1. The fourth-order valence-corrected chi connectivity index (χ4v) is 4.18. The molecule has 1 saturated carbocycles. The molecule has 2 aliphatic rings. The molecule has 2 aromatic rings. The Kier molecular flexibility index (Phi) is 3.36. The third kappa shape index (κ3) is 2.19. The van der Waals surface area contributed by atoms with Crippen LogP contribution in [0.1, 0.15) is 54.6 Å². The standard InChI is InChI=1S/C17H22N4O/c1-11-14-9-13(10-18-16(14)20-19-11)17(22)21-8-4-6-12-5-2-3-7-15(12)21/h9-10,12,15H,2-8H2,1H3,(H,18,19,20)/t12-,15+/m0/s1. The Morgan fingerprint density at radius 2 is 2.09 bits per heavy atom. The predicted octanol–water partition coefficient (Wildman–Crippen LogP) is 3.06. The lowest BCUT2D eigenvalue weighted by Crippen LogP contribution is -2.49. The predicted molar refractivity (Wildman–Crippen MR) is 84.6 cm³/mol. The number of carbonyl (C=O) groups excluding carboxylic acids is 1. The Bertz CT molecular complexity index is 706. The number of piperidine rings is 1. The number of H-pyrrole nitrogens is 1. The van der Waals surface area contributed by atoms with Gasteiger partial charge in [-0.1, -0.05) is 12.8 Å². The van der Waals surface area contributed by atoms with E-state index in [1.54, 1.807) is 6.20 Å². The van der Waals surface area contributed by atoms with Crippen molar-refractivity contribution in [2.24, 2.45) is 5.92 Å². The molecular weight excluding hydrogens is 276 g/mol. The molecule has 5 heteroatoms. The van der Waals surface area contributed by atoms with Crippen LogP contribution in [-0.2, 0) is 0 Å². The average molecular weight is 298 g/mol. The first-order valence-electron chi connectivity index (χ1n) is 8.36. The number of carbonyl (C=O) groups is 1. The summed E-state index contributed by atoms with van der Waals surface area (Å²) in [5, 5.41) is 8.01. The number of aromatic amines is 1. The summed E-state index contributed by atoms with van der Waals surface area (Å²) in [5.41, 5.74) is 2.35. The number of rotatable bonds is 1. The van der Waals surface area contributed by atoms with E-state index >= 15 is 0 Å². The first-order chi connectivity index (χ1) is 10.7. The van der Waals surface area contributed by atoms with E-state index in [2.05, 4.69) is 20.1 Å². The van der Waals surface area contributed by atoms with Crippen LogP contribution in [-0.4, -0.2) is 38.6 Å². The third-order valence-electron chi connectivity index (χ3n) is 5.35. The lowest BCUT2D eigenvalue weighted by Gasteiger charge is -2.44. The molecule has 22 heavy (non-hydrogen) atoms. The molecule has 2 fully saturated rings. The Labute approximate surface area is 130 Å². The van der Waals surface area contributed by atoms with Crippen molar-refractivity contribution in [3.63, 3.8) is 0 Å². The summed E-state index contributed by atoms with van der Waals surface area (Å²) in [7, 11) is 0. The second-order valence-electron chi connectivity index (χ2n) is 6.70. The molecule has 1 amide bonds. The van der Waals surface area contributed by atoms with Gasteiger partial charge >= 0.3 is 0 Å². The highest BCUT2D eigenvalue weighted by Gasteiger charge is 2.36. The van der Waals surface area contributed by atoms with Crippen LogP contribution in [0.3, 0.4) is 0 Å². The zero-order valence-electron chi connectivity index (χ0n) is 13.0. The SMILES string of the molecule is Cc1[nH]nc2ncc(C(=O)N3CCC[C@@H]4CCCC[C@H]43)cc12. The normalized spacial score (nSPS) is 25.2. The molecule has 2 aromatic heterocycles. The van der Waals surface area contributed by atoms with Crippen molar-refractivity contribution in [3.8, 4) is 0 Å². The van der Waals surface area contributed by atoms with E-state index in [4.69, 9.17) is 0 Å². The van der Waals surface area contributed by atoms with Gasteiger partial charge in [-0.2, -0.15) is 5.10 Å². The van der Waals surface area contributed by atoms with Gasteiger partial charge in [-0.25, -0.2) is 4.98 Å². The molecule has 5 nitrogen and oxygen atoms in total. The minimum absolute atomic E-state index is 0.145.